The van der Waals surface area contributed by atoms with Gasteiger partial charge in [0.25, 0.3) is 0 Å². The molecule has 0 atom stereocenters. The lowest BCUT2D eigenvalue weighted by Gasteiger charge is -2.30. The molecule has 0 saturated carbocycles. The molecule has 2 rings (SSSR count). The minimum Gasteiger partial charge on any atom is -0.493 e. The maximum absolute atomic E-state index is 9.50. The Morgan fingerprint density at radius 2 is 1.94 bits per heavy atom. The fourth-order valence-corrected chi connectivity index (χ4v) is 2.40. The van der Waals surface area contributed by atoms with Gasteiger partial charge in [-0.15, -0.1) is 0 Å². The fraction of sp³-hybridized carbons (Fsp3) is 0.571. The number of aliphatic hydroxyl groups is 1. The van der Waals surface area contributed by atoms with Gasteiger partial charge >= 0.3 is 0 Å². The van der Waals surface area contributed by atoms with Crippen LogP contribution in [-0.2, 0) is 6.54 Å². The molecule has 0 aliphatic carbocycles. The van der Waals surface area contributed by atoms with Crippen LogP contribution in [0.1, 0.15) is 18.4 Å². The minimum absolute atomic E-state index is 0.131. The summed E-state index contributed by atoms with van der Waals surface area (Å²) in [5, 5.41) is 9.50. The van der Waals surface area contributed by atoms with E-state index in [2.05, 4.69) is 11.0 Å². The van der Waals surface area contributed by atoms with Crippen molar-refractivity contribution in [2.24, 2.45) is 0 Å². The van der Waals surface area contributed by atoms with Crippen molar-refractivity contribution in [1.82, 2.24) is 4.90 Å². The van der Waals surface area contributed by atoms with Crippen molar-refractivity contribution < 1.29 is 14.6 Å². The lowest BCUT2D eigenvalue weighted by molar-refractivity contribution is 0.0788. The molecule has 0 amide bonds. The highest BCUT2D eigenvalue weighted by Crippen LogP contribution is 2.31. The minimum atomic E-state index is -0.131. The summed E-state index contributed by atoms with van der Waals surface area (Å²) >= 11 is 0. The molecule has 4 heteroatoms. The molecule has 1 aromatic carbocycles. The SMILES string of the molecule is COc1cccc(CN2CCC(O)CC2)c1OC. The maximum Gasteiger partial charge on any atom is 0.165 e. The quantitative estimate of drug-likeness (QED) is 0.883. The van der Waals surface area contributed by atoms with Crippen molar-refractivity contribution in [3.8, 4) is 11.5 Å². The van der Waals surface area contributed by atoms with Gasteiger partial charge in [0.2, 0.25) is 0 Å². The number of piperidine rings is 1. The van der Waals surface area contributed by atoms with Crippen LogP contribution in [0.15, 0.2) is 18.2 Å². The molecule has 1 aromatic rings. The number of likely N-dealkylation sites (tertiary alicyclic amines) is 1. The highest BCUT2D eigenvalue weighted by atomic mass is 16.5. The molecule has 0 unspecified atom stereocenters. The molecule has 0 spiro atoms. The van der Waals surface area contributed by atoms with E-state index < -0.39 is 0 Å². The summed E-state index contributed by atoms with van der Waals surface area (Å²) in [5.74, 6) is 1.58. The summed E-state index contributed by atoms with van der Waals surface area (Å²) in [7, 11) is 3.32. The van der Waals surface area contributed by atoms with Crippen LogP contribution in [0.5, 0.6) is 11.5 Å². The fourth-order valence-electron chi connectivity index (χ4n) is 2.40. The third-order valence-electron chi connectivity index (χ3n) is 3.44. The molecule has 1 fully saturated rings. The summed E-state index contributed by atoms with van der Waals surface area (Å²) in [6, 6.07) is 5.95. The molecule has 18 heavy (non-hydrogen) atoms. The Balaban J connectivity index is 2.09. The Bertz CT molecular complexity index is 387. The molecular weight excluding hydrogens is 230 g/mol. The van der Waals surface area contributed by atoms with Crippen molar-refractivity contribution in [1.29, 1.82) is 0 Å². The van der Waals surface area contributed by atoms with Gasteiger partial charge in [0.05, 0.1) is 20.3 Å². The first kappa shape index (κ1) is 13.2. The highest BCUT2D eigenvalue weighted by molar-refractivity contribution is 5.46. The summed E-state index contributed by atoms with van der Waals surface area (Å²) in [4.78, 5) is 2.34. The van der Waals surface area contributed by atoms with Gasteiger partial charge in [-0.3, -0.25) is 4.90 Å². The Labute approximate surface area is 108 Å². The summed E-state index contributed by atoms with van der Waals surface area (Å²) in [6.45, 7) is 2.70. The average molecular weight is 251 g/mol. The second-order valence-electron chi connectivity index (χ2n) is 4.66. The van der Waals surface area contributed by atoms with Crippen LogP contribution >= 0.6 is 0 Å². The standard InChI is InChI=1S/C14H21NO3/c1-17-13-5-3-4-11(14(13)18-2)10-15-8-6-12(16)7-9-15/h3-5,12,16H,6-10H2,1-2H3. The molecule has 0 radical (unpaired) electrons. The van der Waals surface area contributed by atoms with E-state index in [0.717, 1.165) is 49.5 Å². The van der Waals surface area contributed by atoms with E-state index in [1.165, 1.54) is 0 Å². The first-order chi connectivity index (χ1) is 8.74. The second kappa shape index (κ2) is 6.07. The van der Waals surface area contributed by atoms with E-state index in [0.29, 0.717) is 0 Å². The zero-order valence-corrected chi connectivity index (χ0v) is 11.1. The predicted molar refractivity (Wildman–Crippen MR) is 70.1 cm³/mol. The summed E-state index contributed by atoms with van der Waals surface area (Å²) < 4.78 is 10.7. The number of benzene rings is 1. The van der Waals surface area contributed by atoms with E-state index in [1.807, 2.05) is 12.1 Å². The lowest BCUT2D eigenvalue weighted by atomic mass is 10.1. The molecule has 1 aliphatic heterocycles. The zero-order chi connectivity index (χ0) is 13.0. The van der Waals surface area contributed by atoms with Gasteiger partial charge in [-0.05, 0) is 18.9 Å². The van der Waals surface area contributed by atoms with Gasteiger partial charge in [0, 0.05) is 25.2 Å². The largest absolute Gasteiger partial charge is 0.493 e. The van der Waals surface area contributed by atoms with E-state index in [4.69, 9.17) is 9.47 Å². The first-order valence-corrected chi connectivity index (χ1v) is 6.35. The smallest absolute Gasteiger partial charge is 0.165 e. The van der Waals surface area contributed by atoms with Crippen LogP contribution in [0.4, 0.5) is 0 Å². The molecule has 0 aromatic heterocycles. The molecular formula is C14H21NO3. The van der Waals surface area contributed by atoms with Gasteiger partial charge in [-0.1, -0.05) is 12.1 Å². The lowest BCUT2D eigenvalue weighted by Crippen LogP contribution is -2.35. The Hall–Kier alpha value is -1.26. The van der Waals surface area contributed by atoms with Gasteiger partial charge in [-0.25, -0.2) is 0 Å². The zero-order valence-electron chi connectivity index (χ0n) is 11.1. The summed E-state index contributed by atoms with van der Waals surface area (Å²) in [6.07, 6.45) is 1.58. The monoisotopic (exact) mass is 251 g/mol. The first-order valence-electron chi connectivity index (χ1n) is 6.35. The highest BCUT2D eigenvalue weighted by Gasteiger charge is 2.19. The number of hydrogen-bond donors (Lipinski definition) is 1. The molecule has 0 bridgehead atoms. The van der Waals surface area contributed by atoms with Crippen molar-refractivity contribution in [2.45, 2.75) is 25.5 Å². The number of hydrogen-bond acceptors (Lipinski definition) is 4. The van der Waals surface area contributed by atoms with Gasteiger partial charge in [0.15, 0.2) is 11.5 Å². The van der Waals surface area contributed by atoms with Crippen LogP contribution in [0.25, 0.3) is 0 Å². The van der Waals surface area contributed by atoms with Crippen molar-refractivity contribution in [2.75, 3.05) is 27.3 Å². The van der Waals surface area contributed by atoms with Crippen molar-refractivity contribution in [3.05, 3.63) is 23.8 Å². The Kier molecular flexibility index (Phi) is 4.44. The number of nitrogens with zero attached hydrogens (tertiary/aromatic N) is 1. The topological polar surface area (TPSA) is 41.9 Å². The van der Waals surface area contributed by atoms with Gasteiger partial charge in [-0.2, -0.15) is 0 Å². The van der Waals surface area contributed by atoms with Gasteiger partial charge < -0.3 is 14.6 Å². The Morgan fingerprint density at radius 1 is 1.22 bits per heavy atom. The van der Waals surface area contributed by atoms with Gasteiger partial charge in [0.1, 0.15) is 0 Å². The predicted octanol–water partition coefficient (Wildman–Crippen LogP) is 1.66. The number of para-hydroxylation sites is 1. The molecule has 1 aliphatic rings. The van der Waals surface area contributed by atoms with E-state index in [9.17, 15) is 5.11 Å². The average Bonchev–Trinajstić information content (AvgIpc) is 2.41. The number of aliphatic hydroxyl groups excluding tert-OH is 1. The maximum atomic E-state index is 9.50. The van der Waals surface area contributed by atoms with Crippen molar-refractivity contribution in [3.63, 3.8) is 0 Å². The van der Waals surface area contributed by atoms with Crippen LogP contribution < -0.4 is 9.47 Å². The van der Waals surface area contributed by atoms with Crippen LogP contribution in [-0.4, -0.2) is 43.4 Å². The van der Waals surface area contributed by atoms with Crippen molar-refractivity contribution >= 4 is 0 Å². The summed E-state index contributed by atoms with van der Waals surface area (Å²) in [5.41, 5.74) is 1.13. The number of methoxy groups -OCH3 is 2. The molecule has 1 saturated heterocycles. The van der Waals surface area contributed by atoms with Crippen LogP contribution in [0, 0.1) is 0 Å². The number of ether oxygens (including phenoxy) is 2. The Morgan fingerprint density at radius 3 is 2.56 bits per heavy atom. The second-order valence-corrected chi connectivity index (χ2v) is 4.66. The van der Waals surface area contributed by atoms with E-state index >= 15 is 0 Å². The van der Waals surface area contributed by atoms with Crippen LogP contribution in [0.3, 0.4) is 0 Å². The molecule has 1 N–H and O–H groups in total. The normalized spacial score (nSPS) is 17.7. The molecule has 4 nitrogen and oxygen atoms in total. The van der Waals surface area contributed by atoms with Crippen LogP contribution in [0.2, 0.25) is 0 Å². The van der Waals surface area contributed by atoms with E-state index in [1.54, 1.807) is 14.2 Å². The molecule has 100 valence electrons. The third kappa shape index (κ3) is 2.94. The number of rotatable bonds is 4. The third-order valence-corrected chi connectivity index (χ3v) is 3.44. The molecule has 1 heterocycles. The van der Waals surface area contributed by atoms with E-state index in [-0.39, 0.29) is 6.10 Å².